The zero-order valence-electron chi connectivity index (χ0n) is 47.5. The van der Waals surface area contributed by atoms with Crippen molar-refractivity contribution in [1.29, 1.82) is 0 Å². The van der Waals surface area contributed by atoms with E-state index in [0.717, 1.165) is 0 Å². The van der Waals surface area contributed by atoms with Gasteiger partial charge in [0.1, 0.15) is 34.1 Å². The predicted octanol–water partition coefficient (Wildman–Crippen LogP) is 23.1. The number of benzene rings is 10. The molecule has 46 heteroatoms. The maximum Gasteiger partial charge on any atom is 0.200 e. The van der Waals surface area contributed by atoms with E-state index in [4.69, 9.17) is 0 Å². The lowest BCUT2D eigenvalue weighted by Gasteiger charge is -2.30. The van der Waals surface area contributed by atoms with Gasteiger partial charge in [0.05, 0.1) is 55.6 Å². The van der Waals surface area contributed by atoms with E-state index < -0.39 is 356 Å². The fourth-order valence-corrected chi connectivity index (χ4v) is 10.2. The van der Waals surface area contributed by atoms with Gasteiger partial charge >= 0.3 is 0 Å². The smallest absolute Gasteiger partial charge is 0.200 e. The molecule has 0 aliphatic carbocycles. The molecule has 10 rings (SSSR count). The van der Waals surface area contributed by atoms with Gasteiger partial charge in [0.15, 0.2) is 233 Å². The molecule has 0 heterocycles. The Morgan fingerprint density at radius 2 is 0.132 bits per heavy atom. The normalized spacial score (nSPS) is 11.8. The van der Waals surface area contributed by atoms with Crippen LogP contribution in [0.2, 0.25) is 0 Å². The third-order valence-corrected chi connectivity index (χ3v) is 14.9. The Hall–Kier alpha value is -11.3. The molecule has 0 unspecified atom stereocenters. The van der Waals surface area contributed by atoms with Crippen LogP contribution in [0.1, 0.15) is 0 Å². The first kappa shape index (κ1) is 77.3. The number of halogens is 44. The van der Waals surface area contributed by atoms with Crippen LogP contribution in [-0.4, -0.2) is 0 Å². The molecular weight excluding hydrogens is 1580 g/mol. The van der Waals surface area contributed by atoms with Crippen LogP contribution in [0, 0.1) is 256 Å². The van der Waals surface area contributed by atoms with E-state index >= 15 is 105 Å². The lowest BCUT2D eigenvalue weighted by atomic mass is 9.96. The molecule has 0 saturated heterocycles. The average Bonchev–Trinajstić information content (AvgIpc) is 0.712. The number of hydrogen-bond donors (Lipinski definition) is 0. The van der Waals surface area contributed by atoms with Crippen molar-refractivity contribution >= 4 is 34.1 Å². The maximum absolute atomic E-state index is 17.0. The number of nitrogens with zero attached hydrogens (tertiary/aromatic N) is 2. The van der Waals surface area contributed by atoms with Crippen molar-refractivity contribution in [3.05, 3.63) is 256 Å². The molecule has 0 radical (unpaired) electrons. The minimum atomic E-state index is -4.33. The Morgan fingerprint density at radius 3 is 0.208 bits per heavy atom. The Balaban J connectivity index is 1.32. The predicted molar refractivity (Wildman–Crippen MR) is 261 cm³/mol. The highest BCUT2D eigenvalue weighted by Gasteiger charge is 2.48. The summed E-state index contributed by atoms with van der Waals surface area (Å²) in [5.74, 6) is -168. The van der Waals surface area contributed by atoms with Gasteiger partial charge < -0.3 is 0 Å². The van der Waals surface area contributed by atoms with Gasteiger partial charge in [-0.15, -0.1) is 0 Å². The van der Waals surface area contributed by atoms with Crippen LogP contribution in [0.3, 0.4) is 0 Å². The third-order valence-electron chi connectivity index (χ3n) is 14.9. The minimum Gasteiger partial charge on any atom is -0.294 e. The van der Waals surface area contributed by atoms with Gasteiger partial charge in [0.25, 0.3) is 0 Å². The largest absolute Gasteiger partial charge is 0.294 e. The summed E-state index contributed by atoms with van der Waals surface area (Å²) in [5, 5.41) is 0. The summed E-state index contributed by atoms with van der Waals surface area (Å²) in [6.45, 7) is 0. The van der Waals surface area contributed by atoms with E-state index in [0.29, 0.717) is 0 Å². The van der Waals surface area contributed by atoms with Crippen molar-refractivity contribution in [3.8, 4) is 55.6 Å². The van der Waals surface area contributed by atoms with Gasteiger partial charge in [-0.2, -0.15) is 0 Å². The first-order valence-corrected chi connectivity index (χ1v) is 25.9. The second kappa shape index (κ2) is 26.4. The Kier molecular flexibility index (Phi) is 19.3. The Bertz CT molecular complexity index is 4760. The standard InChI is InChI=1S/C60F44N2/c61-11-1(12(62)32(82)39(89)31(11)81)5-19(69)43(93)55(44(94)20(5)70)105(56-45(95)21(71)6(22(72)46(56)96)2-13(63)33(83)40(90)34(84)14(2)64)59-51(101)27(77)9(28(78)52(59)102)10-29(79)53(103)60(54(104)30(10)80)106(57-47(97)23(73)7(24(74)48(57)98)3-15(65)35(85)41(91)36(86)16(3)66)58-49(99)25(75)8(26(76)50(58)100)4-17(67)37(87)42(92)38(88)18(4)68. The van der Waals surface area contributed by atoms with Crippen molar-refractivity contribution in [1.82, 2.24) is 0 Å². The Labute approximate surface area is 548 Å². The Morgan fingerprint density at radius 1 is 0.0755 bits per heavy atom. The molecule has 558 valence electrons. The summed E-state index contributed by atoms with van der Waals surface area (Å²) >= 11 is 0. The maximum atomic E-state index is 17.0. The summed E-state index contributed by atoms with van der Waals surface area (Å²) < 4.78 is 687. The number of rotatable bonds is 11. The fourth-order valence-electron chi connectivity index (χ4n) is 10.2. The van der Waals surface area contributed by atoms with E-state index in [-0.39, 0.29) is 0 Å². The van der Waals surface area contributed by atoms with Crippen LogP contribution < -0.4 is 9.80 Å². The molecule has 0 N–H and O–H groups in total. The molecule has 0 aliphatic rings. The lowest BCUT2D eigenvalue weighted by molar-refractivity contribution is 0.379. The van der Waals surface area contributed by atoms with Crippen molar-refractivity contribution < 1.29 is 193 Å². The van der Waals surface area contributed by atoms with Gasteiger partial charge in [-0.25, -0.2) is 193 Å². The van der Waals surface area contributed by atoms with E-state index in [1.165, 1.54) is 0 Å². The minimum absolute atomic E-state index is 2.48. The fraction of sp³-hybridized carbons (Fsp3) is 0. The molecule has 0 aliphatic heterocycles. The van der Waals surface area contributed by atoms with Crippen molar-refractivity contribution in [2.75, 3.05) is 9.80 Å². The number of anilines is 6. The second-order valence-corrected chi connectivity index (χ2v) is 20.3. The molecule has 106 heavy (non-hydrogen) atoms. The third kappa shape index (κ3) is 10.5. The first-order valence-electron chi connectivity index (χ1n) is 25.9. The molecule has 2 nitrogen and oxygen atoms in total. The quantitative estimate of drug-likeness (QED) is 0.0723. The molecular formula is C60F44N2. The van der Waals surface area contributed by atoms with Crippen LogP contribution in [0.15, 0.2) is 0 Å². The topological polar surface area (TPSA) is 6.48 Å². The first-order chi connectivity index (χ1) is 49.1. The van der Waals surface area contributed by atoms with Crippen LogP contribution in [0.4, 0.5) is 227 Å². The molecule has 0 amide bonds. The van der Waals surface area contributed by atoms with Gasteiger partial charge in [-0.3, -0.25) is 9.80 Å². The summed E-state index contributed by atoms with van der Waals surface area (Å²) in [7, 11) is 0. The lowest BCUT2D eigenvalue weighted by Crippen LogP contribution is -2.25. The molecule has 0 spiro atoms. The summed E-state index contributed by atoms with van der Waals surface area (Å²) in [5.41, 5.74) is -57.9. The second-order valence-electron chi connectivity index (χ2n) is 20.3. The van der Waals surface area contributed by atoms with Crippen molar-refractivity contribution in [3.63, 3.8) is 0 Å². The van der Waals surface area contributed by atoms with E-state index in [2.05, 4.69) is 0 Å². The molecule has 0 fully saturated rings. The van der Waals surface area contributed by atoms with Gasteiger partial charge in [-0.1, -0.05) is 0 Å². The van der Waals surface area contributed by atoms with E-state index in [9.17, 15) is 87.8 Å². The number of hydrogen-bond acceptors (Lipinski definition) is 2. The highest BCUT2D eigenvalue weighted by Crippen LogP contribution is 2.55. The summed E-state index contributed by atoms with van der Waals surface area (Å²) in [4.78, 5) is -4.96. The zero-order chi connectivity index (χ0) is 79.8. The summed E-state index contributed by atoms with van der Waals surface area (Å²) in [6, 6.07) is 0. The van der Waals surface area contributed by atoms with E-state index in [1.54, 1.807) is 0 Å². The van der Waals surface area contributed by atoms with Crippen LogP contribution in [0.5, 0.6) is 0 Å². The molecule has 0 aromatic heterocycles. The summed E-state index contributed by atoms with van der Waals surface area (Å²) in [6.07, 6.45) is 0. The van der Waals surface area contributed by atoms with Crippen LogP contribution in [-0.2, 0) is 0 Å². The molecule has 10 aromatic rings. The van der Waals surface area contributed by atoms with E-state index in [1.807, 2.05) is 0 Å². The molecule has 0 saturated carbocycles. The van der Waals surface area contributed by atoms with Crippen molar-refractivity contribution in [2.24, 2.45) is 0 Å². The van der Waals surface area contributed by atoms with Crippen LogP contribution in [0.25, 0.3) is 55.6 Å². The highest BCUT2D eigenvalue weighted by atomic mass is 19.2. The molecule has 0 atom stereocenters. The average molecular weight is 1580 g/mol. The van der Waals surface area contributed by atoms with Crippen molar-refractivity contribution in [2.45, 2.75) is 0 Å². The molecule has 10 aromatic carbocycles. The SMILES string of the molecule is Fc1c(F)c(F)c(-c2c(F)c(F)c(N(c3c(F)c(F)c(-c4c(F)c(F)c(F)c(F)c4F)c(F)c3F)c3c(F)c(F)c(-c4c(F)c(F)c(N(c5c(F)c(F)c(-c6c(F)c(F)c(F)c(F)c6F)c(F)c5F)c5c(F)c(F)c(-c6c(F)c(F)c(F)c(F)c6F)c(F)c5F)c(F)c4F)c(F)c3F)c(F)c2F)c(F)c1F. The van der Waals surface area contributed by atoms with Gasteiger partial charge in [0.2, 0.25) is 23.3 Å². The van der Waals surface area contributed by atoms with Crippen LogP contribution >= 0.6 is 0 Å². The van der Waals surface area contributed by atoms with Gasteiger partial charge in [-0.05, 0) is 0 Å². The molecule has 0 bridgehead atoms. The van der Waals surface area contributed by atoms with Gasteiger partial charge in [0, 0.05) is 0 Å². The zero-order valence-corrected chi connectivity index (χ0v) is 47.5. The highest BCUT2D eigenvalue weighted by molar-refractivity contribution is 5.88. The monoisotopic (exact) mass is 1580 g/mol.